The van der Waals surface area contributed by atoms with Gasteiger partial charge in [-0.1, -0.05) is 32.9 Å². The highest BCUT2D eigenvalue weighted by molar-refractivity contribution is 5.77. The zero-order chi connectivity index (χ0) is 16.4. The van der Waals surface area contributed by atoms with Gasteiger partial charge in [-0.2, -0.15) is 0 Å². The Morgan fingerprint density at radius 2 is 1.82 bits per heavy atom. The minimum atomic E-state index is -0.802. The second-order valence-corrected chi connectivity index (χ2v) is 7.47. The molecule has 0 saturated heterocycles. The third-order valence-electron chi connectivity index (χ3n) is 4.19. The molecule has 1 amide bonds. The topological polar surface area (TPSA) is 58.6 Å². The molecule has 2 rings (SSSR count). The molecule has 122 valence electrons. The van der Waals surface area contributed by atoms with E-state index >= 15 is 0 Å². The van der Waals surface area contributed by atoms with Crippen LogP contribution in [0.1, 0.15) is 46.1 Å². The summed E-state index contributed by atoms with van der Waals surface area (Å²) >= 11 is 0. The van der Waals surface area contributed by atoms with E-state index in [9.17, 15) is 9.90 Å². The fraction of sp³-hybridized carbons (Fsp3) is 0.611. The molecule has 1 saturated carbocycles. The predicted octanol–water partition coefficient (Wildman–Crippen LogP) is 2.64. The van der Waals surface area contributed by atoms with Gasteiger partial charge in [0.1, 0.15) is 5.75 Å². The minimum absolute atomic E-state index is 0.0321. The predicted molar refractivity (Wildman–Crippen MR) is 87.0 cm³/mol. The van der Waals surface area contributed by atoms with Crippen LogP contribution in [0.2, 0.25) is 0 Å². The first-order valence-corrected chi connectivity index (χ1v) is 7.91. The Labute approximate surface area is 132 Å². The summed E-state index contributed by atoms with van der Waals surface area (Å²) in [5, 5.41) is 12.9. The Morgan fingerprint density at radius 3 is 2.32 bits per heavy atom. The van der Waals surface area contributed by atoms with E-state index in [1.165, 1.54) is 5.56 Å². The molecule has 0 spiro atoms. The van der Waals surface area contributed by atoms with Crippen LogP contribution >= 0.6 is 0 Å². The molecule has 4 heteroatoms. The van der Waals surface area contributed by atoms with E-state index in [0.29, 0.717) is 11.7 Å². The Morgan fingerprint density at radius 1 is 1.23 bits per heavy atom. The molecule has 2 N–H and O–H groups in total. The Balaban J connectivity index is 1.76. The first-order chi connectivity index (χ1) is 10.2. The monoisotopic (exact) mass is 305 g/mol. The average molecular weight is 305 g/mol. The van der Waals surface area contributed by atoms with E-state index < -0.39 is 5.60 Å². The van der Waals surface area contributed by atoms with Gasteiger partial charge in [-0.15, -0.1) is 0 Å². The van der Waals surface area contributed by atoms with Crippen molar-refractivity contribution in [1.82, 2.24) is 5.32 Å². The summed E-state index contributed by atoms with van der Waals surface area (Å²) in [5.74, 6) is 0.789. The zero-order valence-electron chi connectivity index (χ0n) is 14.0. The average Bonchev–Trinajstić information content (AvgIpc) is 3.27. The fourth-order valence-electron chi connectivity index (χ4n) is 2.38. The largest absolute Gasteiger partial charge is 0.484 e. The fourth-order valence-corrected chi connectivity index (χ4v) is 2.38. The second-order valence-electron chi connectivity index (χ2n) is 7.47. The maximum absolute atomic E-state index is 11.8. The van der Waals surface area contributed by atoms with Crippen LogP contribution in [0.4, 0.5) is 0 Å². The Kier molecular flexibility index (Phi) is 4.81. The number of rotatable bonds is 6. The van der Waals surface area contributed by atoms with Gasteiger partial charge in [0.15, 0.2) is 6.61 Å². The molecule has 1 fully saturated rings. The molecule has 4 nitrogen and oxygen atoms in total. The summed E-state index contributed by atoms with van der Waals surface area (Å²) in [6.45, 7) is 8.49. The number of amides is 1. The number of hydrogen-bond donors (Lipinski definition) is 2. The molecule has 0 radical (unpaired) electrons. The van der Waals surface area contributed by atoms with Gasteiger partial charge < -0.3 is 15.2 Å². The normalized spacial score (nSPS) is 17.7. The van der Waals surface area contributed by atoms with Crippen molar-refractivity contribution < 1.29 is 14.6 Å². The summed E-state index contributed by atoms with van der Waals surface area (Å²) in [6.07, 6.45) is 2.08. The maximum Gasteiger partial charge on any atom is 0.258 e. The lowest BCUT2D eigenvalue weighted by molar-refractivity contribution is -0.124. The van der Waals surface area contributed by atoms with Crippen LogP contribution in [0.25, 0.3) is 0 Å². The number of hydrogen-bond acceptors (Lipinski definition) is 3. The molecule has 0 aromatic heterocycles. The Bertz CT molecular complexity index is 510. The van der Waals surface area contributed by atoms with Gasteiger partial charge in [0, 0.05) is 6.54 Å². The van der Waals surface area contributed by atoms with Crippen LogP contribution in [0.5, 0.6) is 5.75 Å². The molecule has 1 aliphatic carbocycles. The molecule has 1 aromatic carbocycles. The number of carbonyl (C=O) groups excluding carboxylic acids is 1. The smallest absolute Gasteiger partial charge is 0.258 e. The van der Waals surface area contributed by atoms with E-state index in [0.717, 1.165) is 12.8 Å². The van der Waals surface area contributed by atoms with Gasteiger partial charge in [-0.3, -0.25) is 4.79 Å². The van der Waals surface area contributed by atoms with Gasteiger partial charge in [0.2, 0.25) is 0 Å². The lowest BCUT2D eigenvalue weighted by Gasteiger charge is -2.23. The number of nitrogens with one attached hydrogen (secondary N) is 1. The van der Waals surface area contributed by atoms with Crippen molar-refractivity contribution >= 4 is 5.91 Å². The SMILES string of the molecule is CC(C)(C)c1ccc(OCC(=O)NCC(C)(O)C2CC2)cc1. The number of ether oxygens (including phenoxy) is 1. The van der Waals surface area contributed by atoms with Crippen LogP contribution in [0.3, 0.4) is 0 Å². The van der Waals surface area contributed by atoms with Gasteiger partial charge in [0.05, 0.1) is 5.60 Å². The van der Waals surface area contributed by atoms with E-state index in [-0.39, 0.29) is 24.5 Å². The lowest BCUT2D eigenvalue weighted by Crippen LogP contribution is -2.43. The lowest BCUT2D eigenvalue weighted by atomic mass is 9.87. The van der Waals surface area contributed by atoms with E-state index in [1.807, 2.05) is 24.3 Å². The van der Waals surface area contributed by atoms with Crippen LogP contribution in [-0.2, 0) is 10.2 Å². The Hall–Kier alpha value is -1.55. The summed E-state index contributed by atoms with van der Waals surface area (Å²) in [7, 11) is 0. The molecule has 0 bridgehead atoms. The summed E-state index contributed by atoms with van der Waals surface area (Å²) < 4.78 is 5.48. The second kappa shape index (κ2) is 6.29. The minimum Gasteiger partial charge on any atom is -0.484 e. The third kappa shape index (κ3) is 4.73. The van der Waals surface area contributed by atoms with Gasteiger partial charge >= 0.3 is 0 Å². The van der Waals surface area contributed by atoms with Crippen LogP contribution in [0.15, 0.2) is 24.3 Å². The van der Waals surface area contributed by atoms with Crippen molar-refractivity contribution in [1.29, 1.82) is 0 Å². The van der Waals surface area contributed by atoms with Crippen LogP contribution < -0.4 is 10.1 Å². The van der Waals surface area contributed by atoms with Crippen molar-refractivity contribution in [3.8, 4) is 5.75 Å². The molecular formula is C18H27NO3. The quantitative estimate of drug-likeness (QED) is 0.849. The summed E-state index contributed by atoms with van der Waals surface area (Å²) in [5.41, 5.74) is 0.527. The molecule has 1 unspecified atom stereocenters. The third-order valence-corrected chi connectivity index (χ3v) is 4.19. The number of aliphatic hydroxyl groups is 1. The van der Waals surface area contributed by atoms with E-state index in [4.69, 9.17) is 4.74 Å². The first-order valence-electron chi connectivity index (χ1n) is 7.91. The molecular weight excluding hydrogens is 278 g/mol. The van der Waals surface area contributed by atoms with Gasteiger partial charge in [-0.05, 0) is 48.8 Å². The molecule has 1 aromatic rings. The highest BCUT2D eigenvalue weighted by Gasteiger charge is 2.39. The van der Waals surface area contributed by atoms with Crippen molar-refractivity contribution in [3.63, 3.8) is 0 Å². The molecule has 1 atom stereocenters. The van der Waals surface area contributed by atoms with Gasteiger partial charge in [-0.25, -0.2) is 0 Å². The maximum atomic E-state index is 11.8. The molecule has 1 aliphatic rings. The van der Waals surface area contributed by atoms with E-state index in [2.05, 4.69) is 26.1 Å². The standard InChI is InChI=1S/C18H27NO3/c1-17(2,3)13-7-9-15(10-8-13)22-11-16(20)19-12-18(4,21)14-5-6-14/h7-10,14,21H,5-6,11-12H2,1-4H3,(H,19,20). The van der Waals surface area contributed by atoms with Crippen molar-refractivity contribution in [2.24, 2.45) is 5.92 Å². The molecule has 0 heterocycles. The van der Waals surface area contributed by atoms with Crippen molar-refractivity contribution in [2.45, 2.75) is 51.6 Å². The zero-order valence-corrected chi connectivity index (χ0v) is 14.0. The molecule has 22 heavy (non-hydrogen) atoms. The highest BCUT2D eigenvalue weighted by Crippen LogP contribution is 2.38. The van der Waals surface area contributed by atoms with Crippen LogP contribution in [0, 0.1) is 5.92 Å². The molecule has 0 aliphatic heterocycles. The van der Waals surface area contributed by atoms with Crippen LogP contribution in [-0.4, -0.2) is 29.8 Å². The summed E-state index contributed by atoms with van der Waals surface area (Å²) in [4.78, 5) is 11.8. The number of benzene rings is 1. The van der Waals surface area contributed by atoms with Crippen molar-refractivity contribution in [3.05, 3.63) is 29.8 Å². The van der Waals surface area contributed by atoms with E-state index in [1.54, 1.807) is 6.92 Å². The summed E-state index contributed by atoms with van der Waals surface area (Å²) in [6, 6.07) is 7.80. The number of carbonyl (C=O) groups is 1. The van der Waals surface area contributed by atoms with Gasteiger partial charge in [0.25, 0.3) is 5.91 Å². The first kappa shape index (κ1) is 16.8. The highest BCUT2D eigenvalue weighted by atomic mass is 16.5. The van der Waals surface area contributed by atoms with Crippen molar-refractivity contribution in [2.75, 3.05) is 13.2 Å².